The highest BCUT2D eigenvalue weighted by molar-refractivity contribution is 5.79. The number of nitrogens with zero attached hydrogens (tertiary/aromatic N) is 2. The van der Waals surface area contributed by atoms with Crippen LogP contribution in [0.25, 0.3) is 0 Å². The molecule has 1 fully saturated rings. The van der Waals surface area contributed by atoms with Crippen molar-refractivity contribution in [2.45, 2.75) is 44.7 Å². The smallest absolute Gasteiger partial charge is 0.324 e. The van der Waals surface area contributed by atoms with E-state index in [0.29, 0.717) is 19.4 Å². The van der Waals surface area contributed by atoms with Crippen molar-refractivity contribution in [1.29, 1.82) is 0 Å². The first-order valence-electron chi connectivity index (χ1n) is 6.66. The Morgan fingerprint density at radius 3 is 3.00 bits per heavy atom. The molecule has 1 saturated heterocycles. The van der Waals surface area contributed by atoms with Gasteiger partial charge in [-0.3, -0.25) is 14.7 Å². The molecule has 5 heteroatoms. The zero-order valence-corrected chi connectivity index (χ0v) is 11.1. The van der Waals surface area contributed by atoms with E-state index in [0.717, 1.165) is 31.1 Å². The maximum atomic E-state index is 13.1. The van der Waals surface area contributed by atoms with Crippen LogP contribution >= 0.6 is 0 Å². The van der Waals surface area contributed by atoms with Crippen LogP contribution in [0.2, 0.25) is 0 Å². The SMILES string of the molecule is CCCC1(C(=O)O)CCCN1Cc1cncc(F)c1. The molecule has 1 aromatic heterocycles. The summed E-state index contributed by atoms with van der Waals surface area (Å²) in [6.45, 7) is 3.17. The number of halogens is 1. The summed E-state index contributed by atoms with van der Waals surface area (Å²) in [5, 5.41) is 9.57. The topological polar surface area (TPSA) is 53.4 Å². The molecule has 104 valence electrons. The summed E-state index contributed by atoms with van der Waals surface area (Å²) in [6, 6.07) is 1.42. The number of pyridine rings is 1. The zero-order valence-electron chi connectivity index (χ0n) is 11.1. The molecule has 19 heavy (non-hydrogen) atoms. The molecular weight excluding hydrogens is 247 g/mol. The van der Waals surface area contributed by atoms with Crippen LogP contribution in [0.1, 0.15) is 38.2 Å². The van der Waals surface area contributed by atoms with Gasteiger partial charge in [-0.25, -0.2) is 4.39 Å². The third-order valence-electron chi connectivity index (χ3n) is 3.82. The van der Waals surface area contributed by atoms with Crippen molar-refractivity contribution in [2.24, 2.45) is 0 Å². The third-order valence-corrected chi connectivity index (χ3v) is 3.82. The number of aliphatic carboxylic acids is 1. The molecule has 2 heterocycles. The van der Waals surface area contributed by atoms with Crippen molar-refractivity contribution in [3.8, 4) is 0 Å². The number of aromatic nitrogens is 1. The second-order valence-corrected chi connectivity index (χ2v) is 5.12. The molecule has 0 saturated carbocycles. The van der Waals surface area contributed by atoms with Crippen molar-refractivity contribution >= 4 is 5.97 Å². The Kier molecular flexibility index (Phi) is 4.14. The van der Waals surface area contributed by atoms with E-state index >= 15 is 0 Å². The number of carbonyl (C=O) groups is 1. The molecule has 0 amide bonds. The Morgan fingerprint density at radius 2 is 2.37 bits per heavy atom. The maximum Gasteiger partial charge on any atom is 0.324 e. The summed E-state index contributed by atoms with van der Waals surface area (Å²) in [5.74, 6) is -1.15. The van der Waals surface area contributed by atoms with Gasteiger partial charge in [0, 0.05) is 12.7 Å². The first-order valence-corrected chi connectivity index (χ1v) is 6.66. The molecule has 0 aliphatic carbocycles. The lowest BCUT2D eigenvalue weighted by Crippen LogP contribution is -2.50. The van der Waals surface area contributed by atoms with Crippen molar-refractivity contribution < 1.29 is 14.3 Å². The summed E-state index contributed by atoms with van der Waals surface area (Å²) in [5.41, 5.74) is -0.0650. The van der Waals surface area contributed by atoms with E-state index in [-0.39, 0.29) is 5.82 Å². The Bertz CT molecular complexity index is 467. The predicted octanol–water partition coefficient (Wildman–Crippen LogP) is 2.44. The number of carboxylic acid groups (broad SMARTS) is 1. The van der Waals surface area contributed by atoms with Gasteiger partial charge in [-0.1, -0.05) is 13.3 Å². The standard InChI is InChI=1S/C14H19FN2O2/c1-2-4-14(13(18)19)5-3-6-17(14)10-11-7-12(15)9-16-8-11/h7-9H,2-6,10H2,1H3,(H,18,19). The molecule has 0 aromatic carbocycles. The fourth-order valence-corrected chi connectivity index (χ4v) is 2.97. The molecule has 1 aliphatic rings. The average molecular weight is 266 g/mol. The number of hydrogen-bond acceptors (Lipinski definition) is 3. The van der Waals surface area contributed by atoms with Gasteiger partial charge < -0.3 is 5.11 Å². The fraction of sp³-hybridized carbons (Fsp3) is 0.571. The Morgan fingerprint density at radius 1 is 1.58 bits per heavy atom. The highest BCUT2D eigenvalue weighted by Gasteiger charge is 2.46. The molecule has 1 aliphatic heterocycles. The highest BCUT2D eigenvalue weighted by atomic mass is 19.1. The minimum Gasteiger partial charge on any atom is -0.480 e. The Balaban J connectivity index is 2.20. The largest absolute Gasteiger partial charge is 0.480 e. The average Bonchev–Trinajstić information content (AvgIpc) is 2.74. The Hall–Kier alpha value is -1.49. The van der Waals surface area contributed by atoms with Crippen LogP contribution in [0, 0.1) is 5.82 Å². The fourth-order valence-electron chi connectivity index (χ4n) is 2.97. The normalized spacial score (nSPS) is 23.7. The van der Waals surface area contributed by atoms with E-state index < -0.39 is 11.5 Å². The lowest BCUT2D eigenvalue weighted by atomic mass is 9.90. The van der Waals surface area contributed by atoms with Crippen molar-refractivity contribution in [3.05, 3.63) is 29.8 Å². The van der Waals surface area contributed by atoms with Crippen LogP contribution in [0.4, 0.5) is 4.39 Å². The predicted molar refractivity (Wildman–Crippen MR) is 69.1 cm³/mol. The van der Waals surface area contributed by atoms with Gasteiger partial charge >= 0.3 is 5.97 Å². The van der Waals surface area contributed by atoms with Crippen molar-refractivity contribution in [1.82, 2.24) is 9.88 Å². The molecule has 0 spiro atoms. The summed E-state index contributed by atoms with van der Waals surface area (Å²) < 4.78 is 13.1. The summed E-state index contributed by atoms with van der Waals surface area (Å²) >= 11 is 0. The maximum absolute atomic E-state index is 13.1. The van der Waals surface area contributed by atoms with Gasteiger partial charge in [0.15, 0.2) is 0 Å². The third kappa shape index (κ3) is 2.76. The lowest BCUT2D eigenvalue weighted by Gasteiger charge is -2.34. The van der Waals surface area contributed by atoms with Crippen LogP contribution in [0.5, 0.6) is 0 Å². The molecule has 0 radical (unpaired) electrons. The molecule has 0 bridgehead atoms. The van der Waals surface area contributed by atoms with Crippen molar-refractivity contribution in [2.75, 3.05) is 6.54 Å². The molecule has 1 atom stereocenters. The summed E-state index contributed by atoms with van der Waals surface area (Å²) in [7, 11) is 0. The van der Waals surface area contributed by atoms with Crippen LogP contribution in [-0.4, -0.2) is 33.0 Å². The van der Waals surface area contributed by atoms with Crippen LogP contribution in [-0.2, 0) is 11.3 Å². The number of rotatable bonds is 5. The lowest BCUT2D eigenvalue weighted by molar-refractivity contribution is -0.150. The minimum atomic E-state index is -0.791. The van der Waals surface area contributed by atoms with Crippen LogP contribution < -0.4 is 0 Å². The van der Waals surface area contributed by atoms with E-state index in [1.165, 1.54) is 6.07 Å². The first-order chi connectivity index (χ1) is 9.08. The highest BCUT2D eigenvalue weighted by Crippen LogP contribution is 2.35. The molecule has 2 rings (SSSR count). The van der Waals surface area contributed by atoms with Gasteiger partial charge in [0.05, 0.1) is 6.20 Å². The molecule has 1 unspecified atom stereocenters. The monoisotopic (exact) mass is 266 g/mol. The van der Waals surface area contributed by atoms with E-state index in [1.54, 1.807) is 6.20 Å². The van der Waals surface area contributed by atoms with E-state index in [4.69, 9.17) is 0 Å². The van der Waals surface area contributed by atoms with Crippen LogP contribution in [0.3, 0.4) is 0 Å². The summed E-state index contributed by atoms with van der Waals surface area (Å²) in [4.78, 5) is 17.4. The van der Waals surface area contributed by atoms with Gasteiger partial charge in [0.1, 0.15) is 11.4 Å². The second-order valence-electron chi connectivity index (χ2n) is 5.12. The van der Waals surface area contributed by atoms with Gasteiger partial charge in [-0.2, -0.15) is 0 Å². The molecule has 4 nitrogen and oxygen atoms in total. The van der Waals surface area contributed by atoms with Crippen molar-refractivity contribution in [3.63, 3.8) is 0 Å². The van der Waals surface area contributed by atoms with Gasteiger partial charge in [0.2, 0.25) is 0 Å². The molecule has 1 aromatic rings. The number of hydrogen-bond donors (Lipinski definition) is 1. The molecular formula is C14H19FN2O2. The van der Waals surface area contributed by atoms with Gasteiger partial charge in [0.25, 0.3) is 0 Å². The number of likely N-dealkylation sites (tertiary alicyclic amines) is 1. The zero-order chi connectivity index (χ0) is 13.9. The minimum absolute atomic E-state index is 0.381. The second kappa shape index (κ2) is 5.65. The van der Waals surface area contributed by atoms with Gasteiger partial charge in [-0.05, 0) is 37.4 Å². The quantitative estimate of drug-likeness (QED) is 0.889. The molecule has 1 N–H and O–H groups in total. The first kappa shape index (κ1) is 13.9. The van der Waals surface area contributed by atoms with E-state index in [1.807, 2.05) is 11.8 Å². The summed E-state index contributed by atoms with van der Waals surface area (Å²) in [6.07, 6.45) is 5.74. The van der Waals surface area contributed by atoms with E-state index in [9.17, 15) is 14.3 Å². The van der Waals surface area contributed by atoms with Crippen LogP contribution in [0.15, 0.2) is 18.5 Å². The Labute approximate surface area is 112 Å². The van der Waals surface area contributed by atoms with Gasteiger partial charge in [-0.15, -0.1) is 0 Å². The number of carboxylic acids is 1. The van der Waals surface area contributed by atoms with E-state index in [2.05, 4.69) is 4.98 Å².